The molecule has 0 atom stereocenters. The van der Waals surface area contributed by atoms with Gasteiger partial charge in [0, 0.05) is 32.9 Å². The van der Waals surface area contributed by atoms with Crippen LogP contribution in [0.3, 0.4) is 0 Å². The highest BCUT2D eigenvalue weighted by Gasteiger charge is 2.33. The number of halogens is 7. The van der Waals surface area contributed by atoms with Crippen LogP contribution in [0.2, 0.25) is 0 Å². The van der Waals surface area contributed by atoms with Crippen molar-refractivity contribution in [1.29, 1.82) is 0 Å². The minimum Gasteiger partial charge on any atom is -0.298 e. The molecule has 3 heterocycles. The van der Waals surface area contributed by atoms with Gasteiger partial charge in [0.2, 0.25) is 0 Å². The molecule has 0 aliphatic carbocycles. The number of fused-ring (bicyclic) bond motifs is 2. The first-order valence-electron chi connectivity index (χ1n) is 13.3. The zero-order valence-electron chi connectivity index (χ0n) is 22.9. The van der Waals surface area contributed by atoms with Crippen molar-refractivity contribution in [2.24, 2.45) is 0 Å². The third-order valence-corrected chi connectivity index (χ3v) is 7.78. The van der Waals surface area contributed by atoms with Gasteiger partial charge in [-0.05, 0) is 88.8 Å². The molecule has 0 saturated carbocycles. The van der Waals surface area contributed by atoms with E-state index in [4.69, 9.17) is 0 Å². The average Bonchev–Trinajstić information content (AvgIpc) is 3.67. The number of imidazole rings is 2. The van der Waals surface area contributed by atoms with Crippen LogP contribution in [0, 0.1) is 3.57 Å². The van der Waals surface area contributed by atoms with Crippen molar-refractivity contribution in [3.8, 4) is 22.5 Å². The SMILES string of the molecule is FC(F)(F)c1cc(-c2ccncc2)c2c(c1)ncn2-c1ccccc1.FC(F)(F)c1cc(I)c2c(c1)ncn2-c1ccccc1. The first kappa shape index (κ1) is 30.3. The number of nitrogens with zero attached hydrogens (tertiary/aromatic N) is 5. The Kier molecular flexibility index (Phi) is 8.08. The Morgan fingerprint density at radius 2 is 1.02 bits per heavy atom. The minimum atomic E-state index is -4.44. The van der Waals surface area contributed by atoms with Gasteiger partial charge in [-0.1, -0.05) is 36.4 Å². The molecule has 7 rings (SSSR count). The topological polar surface area (TPSA) is 48.5 Å². The highest BCUT2D eigenvalue weighted by atomic mass is 127. The fourth-order valence-corrected chi connectivity index (χ4v) is 5.77. The summed E-state index contributed by atoms with van der Waals surface area (Å²) >= 11 is 1.91. The molecule has 0 saturated heterocycles. The molecule has 0 unspecified atom stereocenters. The van der Waals surface area contributed by atoms with E-state index < -0.39 is 23.5 Å². The lowest BCUT2D eigenvalue weighted by Crippen LogP contribution is -2.05. The van der Waals surface area contributed by atoms with Gasteiger partial charge in [0.1, 0.15) is 12.7 Å². The van der Waals surface area contributed by atoms with Gasteiger partial charge in [-0.15, -0.1) is 0 Å². The van der Waals surface area contributed by atoms with Crippen LogP contribution in [-0.4, -0.2) is 24.1 Å². The number of rotatable bonds is 3. The maximum Gasteiger partial charge on any atom is 0.416 e. The van der Waals surface area contributed by atoms with E-state index in [1.165, 1.54) is 6.07 Å². The molecule has 0 aliphatic rings. The Hall–Kier alpha value is -4.72. The van der Waals surface area contributed by atoms with Crippen LogP contribution in [0.25, 0.3) is 44.6 Å². The third-order valence-electron chi connectivity index (χ3n) is 6.95. The maximum atomic E-state index is 13.3. The molecule has 5 nitrogen and oxygen atoms in total. The summed E-state index contributed by atoms with van der Waals surface area (Å²) in [5, 5.41) is 0. The van der Waals surface area contributed by atoms with Crippen molar-refractivity contribution in [3.05, 3.63) is 137 Å². The molecule has 0 bridgehead atoms. The molecular formula is C33H20F6IN5. The van der Waals surface area contributed by atoms with Crippen molar-refractivity contribution in [3.63, 3.8) is 0 Å². The lowest BCUT2D eigenvalue weighted by molar-refractivity contribution is -0.138. The van der Waals surface area contributed by atoms with E-state index in [1.807, 2.05) is 83.3 Å². The molecule has 4 aromatic carbocycles. The predicted molar refractivity (Wildman–Crippen MR) is 168 cm³/mol. The molecule has 3 aromatic heterocycles. The second kappa shape index (κ2) is 12.0. The normalized spacial score (nSPS) is 11.9. The van der Waals surface area contributed by atoms with Gasteiger partial charge >= 0.3 is 12.4 Å². The number of para-hydroxylation sites is 2. The molecule has 0 spiro atoms. The maximum absolute atomic E-state index is 13.3. The van der Waals surface area contributed by atoms with Gasteiger partial charge in [-0.2, -0.15) is 26.3 Å². The zero-order chi connectivity index (χ0) is 31.8. The fraction of sp³-hybridized carbons (Fsp3) is 0.0606. The third kappa shape index (κ3) is 6.27. The summed E-state index contributed by atoms with van der Waals surface area (Å²) in [6.45, 7) is 0. The lowest BCUT2D eigenvalue weighted by Gasteiger charge is -2.13. The molecule has 0 radical (unpaired) electrons. The Morgan fingerprint density at radius 1 is 0.556 bits per heavy atom. The van der Waals surface area contributed by atoms with Gasteiger partial charge in [0.25, 0.3) is 0 Å². The van der Waals surface area contributed by atoms with Crippen molar-refractivity contribution in [2.45, 2.75) is 12.4 Å². The molecule has 0 amide bonds. The van der Waals surface area contributed by atoms with Crippen LogP contribution in [0.1, 0.15) is 11.1 Å². The van der Waals surface area contributed by atoms with E-state index in [1.54, 1.807) is 46.3 Å². The molecule has 0 aliphatic heterocycles. The Bertz CT molecular complexity index is 2090. The van der Waals surface area contributed by atoms with E-state index >= 15 is 0 Å². The second-order valence-electron chi connectivity index (χ2n) is 9.85. The van der Waals surface area contributed by atoms with E-state index in [0.717, 1.165) is 29.6 Å². The van der Waals surface area contributed by atoms with Crippen molar-refractivity contribution in [1.82, 2.24) is 24.1 Å². The number of benzene rings is 4. The zero-order valence-corrected chi connectivity index (χ0v) is 25.1. The highest BCUT2D eigenvalue weighted by molar-refractivity contribution is 14.1. The Balaban J connectivity index is 0.000000163. The van der Waals surface area contributed by atoms with Crippen LogP contribution < -0.4 is 0 Å². The first-order chi connectivity index (χ1) is 21.5. The summed E-state index contributed by atoms with van der Waals surface area (Å²) in [7, 11) is 0. The summed E-state index contributed by atoms with van der Waals surface area (Å²) in [6, 6.07) is 26.6. The van der Waals surface area contributed by atoms with E-state index in [-0.39, 0.29) is 0 Å². The van der Waals surface area contributed by atoms with Crippen molar-refractivity contribution in [2.75, 3.05) is 0 Å². The van der Waals surface area contributed by atoms with Gasteiger partial charge < -0.3 is 0 Å². The molecule has 0 N–H and O–H groups in total. The molecule has 226 valence electrons. The number of pyridine rings is 1. The summed E-state index contributed by atoms with van der Waals surface area (Å²) in [6.07, 6.45) is -2.58. The quantitative estimate of drug-likeness (QED) is 0.135. The smallest absolute Gasteiger partial charge is 0.298 e. The largest absolute Gasteiger partial charge is 0.416 e. The average molecular weight is 727 g/mol. The van der Waals surface area contributed by atoms with Crippen LogP contribution in [0.5, 0.6) is 0 Å². The standard InChI is InChI=1S/C19H12F3N3.C14H8F3IN2/c20-19(21,22)14-10-16(13-6-8-23-9-7-13)18-17(11-14)24-12-25(18)15-4-2-1-3-5-15;15-14(16,17)9-6-11(18)13-12(7-9)19-8-20(13)10-4-2-1-3-5-10/h1-12H;1-8H. The second-order valence-corrected chi connectivity index (χ2v) is 11.0. The van der Waals surface area contributed by atoms with Crippen LogP contribution in [-0.2, 0) is 12.4 Å². The lowest BCUT2D eigenvalue weighted by atomic mass is 10.0. The summed E-state index contributed by atoms with van der Waals surface area (Å²) < 4.78 is 82.4. The van der Waals surface area contributed by atoms with Gasteiger partial charge in [0.15, 0.2) is 0 Å². The molecule has 7 aromatic rings. The monoisotopic (exact) mass is 727 g/mol. The fourth-order valence-electron chi connectivity index (χ4n) is 4.90. The minimum absolute atomic E-state index is 0.297. The van der Waals surface area contributed by atoms with Crippen molar-refractivity contribution < 1.29 is 26.3 Å². The summed E-state index contributed by atoms with van der Waals surface area (Å²) in [5.41, 5.74) is 3.39. The molecule has 0 fully saturated rings. The van der Waals surface area contributed by atoms with E-state index in [9.17, 15) is 26.3 Å². The van der Waals surface area contributed by atoms with E-state index in [0.29, 0.717) is 36.8 Å². The Morgan fingerprint density at radius 3 is 1.53 bits per heavy atom. The van der Waals surface area contributed by atoms with Gasteiger partial charge in [-0.25, -0.2) is 9.97 Å². The number of hydrogen-bond acceptors (Lipinski definition) is 3. The van der Waals surface area contributed by atoms with Gasteiger partial charge in [-0.3, -0.25) is 14.1 Å². The molecule has 45 heavy (non-hydrogen) atoms. The highest BCUT2D eigenvalue weighted by Crippen LogP contribution is 2.38. The van der Waals surface area contributed by atoms with E-state index in [2.05, 4.69) is 15.0 Å². The van der Waals surface area contributed by atoms with Crippen molar-refractivity contribution >= 4 is 44.7 Å². The van der Waals surface area contributed by atoms with Crippen LogP contribution in [0.4, 0.5) is 26.3 Å². The van der Waals surface area contributed by atoms with Crippen LogP contribution >= 0.6 is 22.6 Å². The predicted octanol–water partition coefficient (Wildman–Crippen LogP) is 9.76. The van der Waals surface area contributed by atoms with Gasteiger partial charge in [0.05, 0.1) is 33.2 Å². The first-order valence-corrected chi connectivity index (χ1v) is 14.4. The number of aromatic nitrogens is 5. The number of alkyl halides is 6. The van der Waals surface area contributed by atoms with Crippen LogP contribution in [0.15, 0.2) is 122 Å². The summed E-state index contributed by atoms with van der Waals surface area (Å²) in [4.78, 5) is 12.2. The molecular weight excluding hydrogens is 707 g/mol. The summed E-state index contributed by atoms with van der Waals surface area (Å²) in [5.74, 6) is 0. The molecule has 12 heteroatoms. The Labute approximate surface area is 266 Å². The number of hydrogen-bond donors (Lipinski definition) is 0.